The van der Waals surface area contributed by atoms with E-state index < -0.39 is 0 Å². The first kappa shape index (κ1) is 12.4. The number of hydrogen-bond acceptors (Lipinski definition) is 2. The minimum absolute atomic E-state index is 0.189. The van der Waals surface area contributed by atoms with Gasteiger partial charge >= 0.3 is 0 Å². The third-order valence-corrected chi connectivity index (χ3v) is 4.49. The second-order valence-electron chi connectivity index (χ2n) is 5.54. The normalized spacial score (nSPS) is 31.1. The molecule has 1 fully saturated rings. The lowest BCUT2D eigenvalue weighted by Crippen LogP contribution is -2.25. The predicted octanol–water partition coefficient (Wildman–Crippen LogP) is 3.67. The van der Waals surface area contributed by atoms with Gasteiger partial charge in [-0.05, 0) is 17.5 Å². The van der Waals surface area contributed by atoms with Crippen LogP contribution >= 0.6 is 8.58 Å². The number of ether oxygens (including phenoxy) is 1. The van der Waals surface area contributed by atoms with Gasteiger partial charge < -0.3 is 4.74 Å². The Hall–Kier alpha value is -0.100. The average molecular weight is 236 g/mol. The van der Waals surface area contributed by atoms with E-state index in [0.29, 0.717) is 6.04 Å². The Morgan fingerprint density at radius 2 is 2.06 bits per heavy atom. The molecule has 0 aliphatic carbocycles. The van der Waals surface area contributed by atoms with E-state index >= 15 is 0 Å². The summed E-state index contributed by atoms with van der Waals surface area (Å²) in [6, 6.07) is 0.291. The van der Waals surface area contributed by atoms with E-state index in [-0.39, 0.29) is 5.41 Å². The molecule has 1 saturated heterocycles. The number of nitrogens with zero attached hydrogens (tertiary/aromatic N) is 1. The second kappa shape index (κ2) is 4.29. The highest BCUT2D eigenvalue weighted by Gasteiger charge is 2.41. The Balaban J connectivity index is 2.07. The number of rotatable bonds is 1. The van der Waals surface area contributed by atoms with Crippen LogP contribution in [0.2, 0.25) is 0 Å². The summed E-state index contributed by atoms with van der Waals surface area (Å²) in [6.45, 7) is 11.7. The SMILES string of the molecule is C[C]1[CH][P][C](C2=N[C@@H](C(C)(C)C)CO2)[C]1C. The average Bonchev–Trinajstić information content (AvgIpc) is 2.74. The zero-order chi connectivity index (χ0) is 11.9. The van der Waals surface area contributed by atoms with Gasteiger partial charge in [0.2, 0.25) is 0 Å². The van der Waals surface area contributed by atoms with Gasteiger partial charge in [-0.15, -0.1) is 0 Å². The van der Waals surface area contributed by atoms with Crippen molar-refractivity contribution in [1.82, 2.24) is 0 Å². The lowest BCUT2D eigenvalue weighted by atomic mass is 9.88. The zero-order valence-corrected chi connectivity index (χ0v) is 11.6. The van der Waals surface area contributed by atoms with Crippen LogP contribution in [0.1, 0.15) is 34.6 Å². The fraction of sp³-hybridized carbons (Fsp3) is 0.615. The number of hydrogen-bond donors (Lipinski definition) is 0. The van der Waals surface area contributed by atoms with E-state index in [0.717, 1.165) is 12.5 Å². The van der Waals surface area contributed by atoms with Crippen molar-refractivity contribution < 1.29 is 4.74 Å². The van der Waals surface area contributed by atoms with Gasteiger partial charge in [0.15, 0.2) is 5.90 Å². The van der Waals surface area contributed by atoms with Gasteiger partial charge in [-0.2, -0.15) is 0 Å². The molecule has 3 heteroatoms. The molecule has 2 heterocycles. The van der Waals surface area contributed by atoms with Crippen molar-refractivity contribution in [3.63, 3.8) is 0 Å². The summed E-state index contributed by atoms with van der Waals surface area (Å²) in [5, 5.41) is 0. The summed E-state index contributed by atoms with van der Waals surface area (Å²) in [4.78, 5) is 4.72. The minimum Gasteiger partial charge on any atom is -0.478 e. The van der Waals surface area contributed by atoms with Crippen molar-refractivity contribution in [3.8, 4) is 0 Å². The summed E-state index contributed by atoms with van der Waals surface area (Å²) in [5.74, 6) is 3.55. The molecule has 0 bridgehead atoms. The molecular weight excluding hydrogens is 217 g/mol. The third kappa shape index (κ3) is 2.27. The van der Waals surface area contributed by atoms with E-state index in [1.807, 2.05) is 0 Å². The minimum atomic E-state index is 0.189. The monoisotopic (exact) mass is 236 g/mol. The van der Waals surface area contributed by atoms with Crippen molar-refractivity contribution in [2.75, 3.05) is 6.61 Å². The van der Waals surface area contributed by atoms with Crippen molar-refractivity contribution in [2.45, 2.75) is 40.7 Å². The van der Waals surface area contributed by atoms with Gasteiger partial charge in [0.05, 0.1) is 11.7 Å². The van der Waals surface area contributed by atoms with E-state index in [2.05, 4.69) is 40.8 Å². The maximum absolute atomic E-state index is 5.75. The highest BCUT2D eigenvalue weighted by Crippen LogP contribution is 2.54. The summed E-state index contributed by atoms with van der Waals surface area (Å²) in [7, 11) is 1.23. The molecule has 0 unspecified atom stereocenters. The van der Waals surface area contributed by atoms with Crippen LogP contribution in [0.4, 0.5) is 0 Å². The quantitative estimate of drug-likeness (QED) is 0.636. The smallest absolute Gasteiger partial charge is 0.197 e. The zero-order valence-electron chi connectivity index (χ0n) is 10.7. The molecule has 87 valence electrons. The molecule has 16 heavy (non-hydrogen) atoms. The molecule has 1 atom stereocenters. The summed E-state index contributed by atoms with van der Waals surface area (Å²) in [5.41, 5.74) is 1.44. The Labute approximate surface area is 101 Å². The molecule has 0 saturated carbocycles. The molecule has 0 aromatic rings. The maximum atomic E-state index is 5.75. The largest absolute Gasteiger partial charge is 0.478 e. The predicted molar refractivity (Wildman–Crippen MR) is 68.9 cm³/mol. The van der Waals surface area contributed by atoms with Crippen LogP contribution in [0.15, 0.2) is 4.99 Å². The Kier molecular flexibility index (Phi) is 3.32. The molecule has 2 rings (SSSR count). The molecule has 2 aliphatic heterocycles. The van der Waals surface area contributed by atoms with Gasteiger partial charge in [0, 0.05) is 5.92 Å². The molecule has 2 nitrogen and oxygen atoms in total. The molecule has 2 aliphatic rings. The van der Waals surface area contributed by atoms with E-state index in [9.17, 15) is 0 Å². The fourth-order valence-corrected chi connectivity index (χ4v) is 2.82. The van der Waals surface area contributed by atoms with Crippen LogP contribution in [-0.2, 0) is 4.74 Å². The Morgan fingerprint density at radius 1 is 1.38 bits per heavy atom. The molecular formula is C13H19NOP. The lowest BCUT2D eigenvalue weighted by Gasteiger charge is -2.22. The van der Waals surface area contributed by atoms with Crippen molar-refractivity contribution >= 4 is 14.5 Å². The molecule has 0 N–H and O–H groups in total. The maximum Gasteiger partial charge on any atom is 0.197 e. The van der Waals surface area contributed by atoms with Crippen LogP contribution < -0.4 is 0 Å². The van der Waals surface area contributed by atoms with Crippen molar-refractivity contribution in [3.05, 3.63) is 23.7 Å². The highest BCUT2D eigenvalue weighted by atomic mass is 31.1. The first-order chi connectivity index (χ1) is 7.39. The van der Waals surface area contributed by atoms with E-state index in [1.54, 1.807) is 0 Å². The standard InChI is InChI=1S/C13H19NOP/c1-8-7-16-11(9(8)2)12-14-10(6-15-12)13(3,4)5/h7,10H,6H2,1-5H3/t10-/m1/s1. The van der Waals surface area contributed by atoms with Crippen LogP contribution in [0.25, 0.3) is 0 Å². The molecule has 5 radical (unpaired) electrons. The van der Waals surface area contributed by atoms with Gasteiger partial charge in [-0.1, -0.05) is 43.2 Å². The van der Waals surface area contributed by atoms with Gasteiger partial charge in [0.1, 0.15) is 6.61 Å². The van der Waals surface area contributed by atoms with Crippen molar-refractivity contribution in [1.29, 1.82) is 0 Å². The van der Waals surface area contributed by atoms with E-state index in [4.69, 9.17) is 9.73 Å². The molecule has 0 aromatic heterocycles. The molecule has 0 aromatic carbocycles. The summed E-state index contributed by atoms with van der Waals surface area (Å²) < 4.78 is 5.75. The first-order valence-electron chi connectivity index (χ1n) is 5.69. The van der Waals surface area contributed by atoms with Gasteiger partial charge in [-0.25, -0.2) is 4.99 Å². The molecule has 0 amide bonds. The van der Waals surface area contributed by atoms with Crippen LogP contribution in [0, 0.1) is 29.1 Å². The van der Waals surface area contributed by atoms with Crippen molar-refractivity contribution in [2.24, 2.45) is 10.4 Å². The molecule has 0 spiro atoms. The second-order valence-corrected chi connectivity index (χ2v) is 6.51. The van der Waals surface area contributed by atoms with Crippen LogP contribution in [0.3, 0.4) is 0 Å². The summed E-state index contributed by atoms with van der Waals surface area (Å²) >= 11 is 0. The van der Waals surface area contributed by atoms with Crippen LogP contribution in [0.5, 0.6) is 0 Å². The topological polar surface area (TPSA) is 21.6 Å². The fourth-order valence-electron chi connectivity index (χ4n) is 1.70. The highest BCUT2D eigenvalue weighted by molar-refractivity contribution is 7.47. The Morgan fingerprint density at radius 3 is 2.50 bits per heavy atom. The lowest BCUT2D eigenvalue weighted by molar-refractivity contribution is 0.235. The first-order valence-corrected chi connectivity index (χ1v) is 6.66. The third-order valence-electron chi connectivity index (χ3n) is 3.19. The number of aliphatic imine (C=N–C) groups is 1. The Bertz CT molecular complexity index is 295. The summed E-state index contributed by atoms with van der Waals surface area (Å²) in [6.07, 6.45) is 2.22. The van der Waals surface area contributed by atoms with Gasteiger partial charge in [-0.3, -0.25) is 0 Å². The van der Waals surface area contributed by atoms with Crippen LogP contribution in [-0.4, -0.2) is 18.5 Å². The van der Waals surface area contributed by atoms with E-state index in [1.165, 1.54) is 26.1 Å². The van der Waals surface area contributed by atoms with Gasteiger partial charge in [0.25, 0.3) is 0 Å².